The smallest absolute Gasteiger partial charge is 0.303 e. The van der Waals surface area contributed by atoms with Crippen molar-refractivity contribution in [2.75, 3.05) is 27.4 Å². The third-order valence-corrected chi connectivity index (χ3v) is 7.21. The first-order chi connectivity index (χ1) is 20.5. The van der Waals surface area contributed by atoms with E-state index in [9.17, 15) is 19.2 Å². The molecule has 0 bridgehead atoms. The standard InChI is InChI=1S/C29H32F2N2O10/c1-40-20-10-16-12-32(22(34)4-6-24(36)37)14-18(16)26(30)28(20)42-8-3-9-43-29-21(41-2)11-17-13-33(15-19(17)27(29)31)23(35)5-7-25(38)39/h10-11H,3-9,12-15H2,1-2H3,(H,36,37)(H,38,39). The summed E-state index contributed by atoms with van der Waals surface area (Å²) in [6.45, 7) is 0.156. The zero-order chi connectivity index (χ0) is 31.3. The first kappa shape index (κ1) is 31.3. The minimum atomic E-state index is -1.09. The molecule has 14 heteroatoms. The number of carboxylic acids is 2. The molecule has 0 saturated carbocycles. The molecule has 2 aromatic rings. The molecule has 0 unspecified atom stereocenters. The van der Waals surface area contributed by atoms with Crippen LogP contribution in [0.5, 0.6) is 23.0 Å². The third kappa shape index (κ3) is 7.07. The minimum Gasteiger partial charge on any atom is -0.493 e. The summed E-state index contributed by atoms with van der Waals surface area (Å²) in [6, 6.07) is 3.16. The molecule has 0 fully saturated rings. The van der Waals surface area contributed by atoms with E-state index in [1.54, 1.807) is 12.1 Å². The number of carboxylic acid groups (broad SMARTS) is 2. The van der Waals surface area contributed by atoms with E-state index < -0.39 is 35.4 Å². The highest BCUT2D eigenvalue weighted by Gasteiger charge is 2.32. The summed E-state index contributed by atoms with van der Waals surface area (Å²) in [5.74, 6) is -4.38. The Labute approximate surface area is 245 Å². The van der Waals surface area contributed by atoms with Crippen LogP contribution in [0.4, 0.5) is 8.78 Å². The van der Waals surface area contributed by atoms with Gasteiger partial charge < -0.3 is 39.0 Å². The van der Waals surface area contributed by atoms with Crippen LogP contribution in [0.3, 0.4) is 0 Å². The molecule has 2 aliphatic heterocycles. The first-order valence-corrected chi connectivity index (χ1v) is 13.5. The second-order valence-electron chi connectivity index (χ2n) is 10.1. The quantitative estimate of drug-likeness (QED) is 0.307. The molecule has 4 rings (SSSR count). The van der Waals surface area contributed by atoms with Crippen molar-refractivity contribution in [1.82, 2.24) is 9.80 Å². The highest BCUT2D eigenvalue weighted by Crippen LogP contribution is 2.40. The number of benzene rings is 2. The van der Waals surface area contributed by atoms with Crippen molar-refractivity contribution >= 4 is 23.8 Å². The van der Waals surface area contributed by atoms with Gasteiger partial charge in [0.2, 0.25) is 11.8 Å². The number of carbonyl (C=O) groups excluding carboxylic acids is 2. The average molecular weight is 607 g/mol. The Kier molecular flexibility index (Phi) is 9.88. The van der Waals surface area contributed by atoms with Crippen molar-refractivity contribution in [3.63, 3.8) is 0 Å². The average Bonchev–Trinajstić information content (AvgIpc) is 3.61. The summed E-state index contributed by atoms with van der Waals surface area (Å²) in [6.07, 6.45) is -0.795. The van der Waals surface area contributed by atoms with Crippen molar-refractivity contribution < 1.29 is 57.1 Å². The molecule has 0 spiro atoms. The number of rotatable bonds is 14. The predicted octanol–water partition coefficient (Wildman–Crippen LogP) is 3.24. The molecule has 2 amide bonds. The van der Waals surface area contributed by atoms with Crippen LogP contribution in [-0.4, -0.2) is 71.2 Å². The lowest BCUT2D eigenvalue weighted by molar-refractivity contribution is -0.141. The van der Waals surface area contributed by atoms with Crippen molar-refractivity contribution in [1.29, 1.82) is 0 Å². The molecule has 2 aromatic carbocycles. The van der Waals surface area contributed by atoms with Gasteiger partial charge in [-0.05, 0) is 23.3 Å². The Morgan fingerprint density at radius 1 is 0.698 bits per heavy atom. The maximum atomic E-state index is 15.4. The van der Waals surface area contributed by atoms with E-state index in [2.05, 4.69) is 0 Å². The molecule has 2 N–H and O–H groups in total. The summed E-state index contributed by atoms with van der Waals surface area (Å²) < 4.78 is 52.7. The fourth-order valence-corrected chi connectivity index (χ4v) is 5.00. The summed E-state index contributed by atoms with van der Waals surface area (Å²) in [5, 5.41) is 17.6. The van der Waals surface area contributed by atoms with Gasteiger partial charge in [0.05, 0.1) is 40.3 Å². The van der Waals surface area contributed by atoms with E-state index in [1.807, 2.05) is 0 Å². The Hall–Kier alpha value is -4.62. The lowest BCUT2D eigenvalue weighted by atomic mass is 10.1. The molecule has 232 valence electrons. The van der Waals surface area contributed by atoms with Gasteiger partial charge in [0, 0.05) is 56.6 Å². The van der Waals surface area contributed by atoms with Gasteiger partial charge in [-0.1, -0.05) is 0 Å². The van der Waals surface area contributed by atoms with Crippen molar-refractivity contribution in [2.45, 2.75) is 58.3 Å². The van der Waals surface area contributed by atoms with Crippen LogP contribution in [0.15, 0.2) is 12.1 Å². The molecule has 0 atom stereocenters. The van der Waals surface area contributed by atoms with E-state index in [0.717, 1.165) is 0 Å². The SMILES string of the molecule is COc1cc2c(c(F)c1OCCCOc1c(OC)cc3c(c1F)CN(C(=O)CCC(=O)O)C3)CN(C(=O)CCC(=O)O)C2. The van der Waals surface area contributed by atoms with Crippen LogP contribution in [0.1, 0.15) is 54.4 Å². The maximum absolute atomic E-state index is 15.4. The van der Waals surface area contributed by atoms with Crippen LogP contribution < -0.4 is 18.9 Å². The van der Waals surface area contributed by atoms with Crippen LogP contribution in [0.25, 0.3) is 0 Å². The Balaban J connectivity index is 1.35. The Bertz CT molecular complexity index is 1330. The van der Waals surface area contributed by atoms with Gasteiger partial charge >= 0.3 is 11.9 Å². The van der Waals surface area contributed by atoms with Crippen LogP contribution in [-0.2, 0) is 45.4 Å². The molecule has 12 nitrogen and oxygen atoms in total. The molecule has 2 heterocycles. The number of ether oxygens (including phenoxy) is 4. The number of fused-ring (bicyclic) bond motifs is 2. The molecule has 0 aromatic heterocycles. The predicted molar refractivity (Wildman–Crippen MR) is 144 cm³/mol. The van der Waals surface area contributed by atoms with Gasteiger partial charge in [-0.3, -0.25) is 19.2 Å². The number of hydrogen-bond donors (Lipinski definition) is 2. The van der Waals surface area contributed by atoms with E-state index in [1.165, 1.54) is 24.0 Å². The largest absolute Gasteiger partial charge is 0.493 e. The molecular formula is C29H32F2N2O10. The lowest BCUT2D eigenvalue weighted by Gasteiger charge is -2.16. The van der Waals surface area contributed by atoms with Gasteiger partial charge in [0.1, 0.15) is 0 Å². The highest BCUT2D eigenvalue weighted by atomic mass is 19.1. The number of aliphatic carboxylic acids is 2. The van der Waals surface area contributed by atoms with Crippen LogP contribution in [0.2, 0.25) is 0 Å². The fraction of sp³-hybridized carbons (Fsp3) is 0.448. The van der Waals surface area contributed by atoms with Gasteiger partial charge in [-0.15, -0.1) is 0 Å². The van der Waals surface area contributed by atoms with Crippen LogP contribution in [0, 0.1) is 11.6 Å². The van der Waals surface area contributed by atoms with E-state index in [4.69, 9.17) is 29.2 Å². The zero-order valence-corrected chi connectivity index (χ0v) is 23.7. The number of nitrogens with zero attached hydrogens (tertiary/aromatic N) is 2. The second kappa shape index (κ2) is 13.6. The Morgan fingerprint density at radius 3 is 1.44 bits per heavy atom. The van der Waals surface area contributed by atoms with E-state index >= 15 is 8.78 Å². The number of amides is 2. The third-order valence-electron chi connectivity index (χ3n) is 7.21. The van der Waals surface area contributed by atoms with Gasteiger partial charge in [0.25, 0.3) is 0 Å². The molecular weight excluding hydrogens is 574 g/mol. The number of halogens is 2. The van der Waals surface area contributed by atoms with Gasteiger partial charge in [0.15, 0.2) is 34.6 Å². The summed E-state index contributed by atoms with van der Waals surface area (Å²) in [4.78, 5) is 49.0. The van der Waals surface area contributed by atoms with E-state index in [0.29, 0.717) is 11.1 Å². The maximum Gasteiger partial charge on any atom is 0.303 e. The fourth-order valence-electron chi connectivity index (χ4n) is 5.00. The molecule has 2 aliphatic rings. The normalized spacial score (nSPS) is 13.4. The second-order valence-corrected chi connectivity index (χ2v) is 10.1. The summed E-state index contributed by atoms with van der Waals surface area (Å²) in [5.41, 5.74) is 1.59. The highest BCUT2D eigenvalue weighted by molar-refractivity contribution is 5.82. The molecule has 0 radical (unpaired) electrons. The van der Waals surface area contributed by atoms with E-state index in [-0.39, 0.29) is 106 Å². The molecule has 0 saturated heterocycles. The minimum absolute atomic E-state index is 0.0198. The molecule has 43 heavy (non-hydrogen) atoms. The Morgan fingerprint density at radius 2 is 1.09 bits per heavy atom. The van der Waals surface area contributed by atoms with Crippen molar-refractivity contribution in [3.8, 4) is 23.0 Å². The number of hydrogen-bond acceptors (Lipinski definition) is 8. The van der Waals surface area contributed by atoms with Crippen molar-refractivity contribution in [2.24, 2.45) is 0 Å². The van der Waals surface area contributed by atoms with Crippen LogP contribution >= 0.6 is 0 Å². The number of methoxy groups -OCH3 is 2. The summed E-state index contributed by atoms with van der Waals surface area (Å²) in [7, 11) is 2.71. The zero-order valence-electron chi connectivity index (χ0n) is 23.7. The van der Waals surface area contributed by atoms with Crippen molar-refractivity contribution in [3.05, 3.63) is 46.0 Å². The first-order valence-electron chi connectivity index (χ1n) is 13.5. The number of carbonyl (C=O) groups is 4. The van der Waals surface area contributed by atoms with Gasteiger partial charge in [-0.2, -0.15) is 0 Å². The van der Waals surface area contributed by atoms with Gasteiger partial charge in [-0.25, -0.2) is 8.78 Å². The lowest BCUT2D eigenvalue weighted by Crippen LogP contribution is -2.25. The monoisotopic (exact) mass is 606 g/mol. The topological polar surface area (TPSA) is 152 Å². The molecule has 0 aliphatic carbocycles. The summed E-state index contributed by atoms with van der Waals surface area (Å²) >= 11 is 0.